The summed E-state index contributed by atoms with van der Waals surface area (Å²) in [5.41, 5.74) is 1.65. The van der Waals surface area contributed by atoms with Gasteiger partial charge in [0.2, 0.25) is 0 Å². The van der Waals surface area contributed by atoms with Crippen molar-refractivity contribution < 1.29 is 4.79 Å². The number of aryl methyl sites for hydroxylation is 1. The highest BCUT2D eigenvalue weighted by atomic mass is 16.2. The highest BCUT2D eigenvalue weighted by Crippen LogP contribution is 2.39. The van der Waals surface area contributed by atoms with Gasteiger partial charge in [0.25, 0.3) is 5.91 Å². The smallest absolute Gasteiger partial charge is 0.274 e. The predicted octanol–water partition coefficient (Wildman–Crippen LogP) is 2.31. The SMILES string of the molecule is CCCn1cnnc1C1CCCN(C(=O)c2cc(C3CC3)[nH]n2)C1. The fraction of sp³-hybridized carbons (Fsp3) is 0.647. The van der Waals surface area contributed by atoms with Crippen LogP contribution in [0.15, 0.2) is 12.4 Å². The number of nitrogens with zero attached hydrogens (tertiary/aromatic N) is 5. The molecule has 1 unspecified atom stereocenters. The van der Waals surface area contributed by atoms with Crippen molar-refractivity contribution >= 4 is 5.91 Å². The number of aromatic nitrogens is 5. The zero-order chi connectivity index (χ0) is 16.5. The Balaban J connectivity index is 1.47. The van der Waals surface area contributed by atoms with Crippen molar-refractivity contribution in [1.29, 1.82) is 0 Å². The van der Waals surface area contributed by atoms with E-state index in [4.69, 9.17) is 0 Å². The van der Waals surface area contributed by atoms with Crippen LogP contribution < -0.4 is 0 Å². The first-order valence-corrected chi connectivity index (χ1v) is 8.98. The summed E-state index contributed by atoms with van der Waals surface area (Å²) in [7, 11) is 0. The normalized spacial score (nSPS) is 21.2. The summed E-state index contributed by atoms with van der Waals surface area (Å²) in [5.74, 6) is 1.89. The van der Waals surface area contributed by atoms with E-state index < -0.39 is 0 Å². The first-order chi connectivity index (χ1) is 11.8. The monoisotopic (exact) mass is 328 g/mol. The molecular formula is C17H24N6O. The van der Waals surface area contributed by atoms with Gasteiger partial charge in [0.05, 0.1) is 0 Å². The van der Waals surface area contributed by atoms with E-state index in [9.17, 15) is 4.79 Å². The Bertz CT molecular complexity index is 716. The van der Waals surface area contributed by atoms with Crippen molar-refractivity contribution in [1.82, 2.24) is 29.9 Å². The molecule has 1 aliphatic heterocycles. The predicted molar refractivity (Wildman–Crippen MR) is 88.8 cm³/mol. The van der Waals surface area contributed by atoms with Crippen molar-refractivity contribution in [2.45, 2.75) is 57.4 Å². The second kappa shape index (κ2) is 6.37. The molecule has 1 saturated carbocycles. The zero-order valence-electron chi connectivity index (χ0n) is 14.1. The van der Waals surface area contributed by atoms with Crippen LogP contribution in [0.4, 0.5) is 0 Å². The van der Waals surface area contributed by atoms with Gasteiger partial charge in [-0.05, 0) is 38.2 Å². The number of carbonyl (C=O) groups excluding carboxylic acids is 1. The molecule has 1 amide bonds. The van der Waals surface area contributed by atoms with Gasteiger partial charge in [0.15, 0.2) is 0 Å². The van der Waals surface area contributed by atoms with Crippen LogP contribution in [-0.2, 0) is 6.54 Å². The van der Waals surface area contributed by atoms with Gasteiger partial charge in [-0.2, -0.15) is 5.10 Å². The lowest BCUT2D eigenvalue weighted by Crippen LogP contribution is -2.40. The number of likely N-dealkylation sites (tertiary alicyclic amines) is 1. The number of hydrogen-bond acceptors (Lipinski definition) is 4. The summed E-state index contributed by atoms with van der Waals surface area (Å²) >= 11 is 0. The van der Waals surface area contributed by atoms with Gasteiger partial charge in [-0.15, -0.1) is 10.2 Å². The molecule has 7 heteroatoms. The van der Waals surface area contributed by atoms with Crippen molar-refractivity contribution in [3.8, 4) is 0 Å². The molecular weight excluding hydrogens is 304 g/mol. The lowest BCUT2D eigenvalue weighted by molar-refractivity contribution is 0.0697. The van der Waals surface area contributed by atoms with E-state index in [2.05, 4.69) is 31.9 Å². The van der Waals surface area contributed by atoms with Crippen molar-refractivity contribution in [2.24, 2.45) is 0 Å². The molecule has 1 aliphatic carbocycles. The number of rotatable bonds is 5. The molecule has 0 radical (unpaired) electrons. The number of nitrogens with one attached hydrogen (secondary N) is 1. The standard InChI is InChI=1S/C17H24N6O/c1-2-7-23-11-18-21-16(23)13-4-3-8-22(10-13)17(24)15-9-14(19-20-15)12-5-6-12/h9,11-13H,2-8,10H2,1H3,(H,19,20). The van der Waals surface area contributed by atoms with Crippen molar-refractivity contribution in [3.05, 3.63) is 29.6 Å². The number of piperidine rings is 1. The molecule has 0 aromatic carbocycles. The fourth-order valence-electron chi connectivity index (χ4n) is 3.58. The summed E-state index contributed by atoms with van der Waals surface area (Å²) in [5, 5.41) is 15.6. The minimum absolute atomic E-state index is 0.0319. The van der Waals surface area contributed by atoms with Gasteiger partial charge in [-0.25, -0.2) is 0 Å². The van der Waals surface area contributed by atoms with E-state index in [0.29, 0.717) is 18.2 Å². The number of amides is 1. The summed E-state index contributed by atoms with van der Waals surface area (Å²) in [4.78, 5) is 14.7. The van der Waals surface area contributed by atoms with Crippen LogP contribution in [0.2, 0.25) is 0 Å². The van der Waals surface area contributed by atoms with Crippen LogP contribution in [0.3, 0.4) is 0 Å². The van der Waals surface area contributed by atoms with Crippen LogP contribution in [-0.4, -0.2) is 48.9 Å². The molecule has 128 valence electrons. The molecule has 2 aromatic heterocycles. The maximum Gasteiger partial charge on any atom is 0.274 e. The molecule has 2 fully saturated rings. The van der Waals surface area contributed by atoms with Crippen LogP contribution in [0.1, 0.15) is 72.9 Å². The topological polar surface area (TPSA) is 79.7 Å². The molecule has 2 aromatic rings. The molecule has 0 spiro atoms. The molecule has 1 saturated heterocycles. The minimum atomic E-state index is 0.0319. The molecule has 3 heterocycles. The van der Waals surface area contributed by atoms with Crippen LogP contribution >= 0.6 is 0 Å². The van der Waals surface area contributed by atoms with Crippen LogP contribution in [0.25, 0.3) is 0 Å². The third-order valence-corrected chi connectivity index (χ3v) is 5.02. The highest BCUT2D eigenvalue weighted by molar-refractivity contribution is 5.92. The highest BCUT2D eigenvalue weighted by Gasteiger charge is 2.31. The number of hydrogen-bond donors (Lipinski definition) is 1. The van der Waals surface area contributed by atoms with Crippen LogP contribution in [0.5, 0.6) is 0 Å². The Morgan fingerprint density at radius 2 is 2.21 bits per heavy atom. The minimum Gasteiger partial charge on any atom is -0.337 e. The van der Waals surface area contributed by atoms with Gasteiger partial charge >= 0.3 is 0 Å². The maximum absolute atomic E-state index is 12.8. The first-order valence-electron chi connectivity index (χ1n) is 8.98. The lowest BCUT2D eigenvalue weighted by atomic mass is 9.96. The van der Waals surface area contributed by atoms with E-state index in [0.717, 1.165) is 43.9 Å². The largest absolute Gasteiger partial charge is 0.337 e. The quantitative estimate of drug-likeness (QED) is 0.913. The molecule has 2 aliphatic rings. The Labute approximate surface area is 141 Å². The Kier molecular flexibility index (Phi) is 4.08. The second-order valence-electron chi connectivity index (χ2n) is 6.96. The maximum atomic E-state index is 12.8. The van der Waals surface area contributed by atoms with Gasteiger partial charge < -0.3 is 9.47 Å². The van der Waals surface area contributed by atoms with Gasteiger partial charge in [-0.3, -0.25) is 9.89 Å². The van der Waals surface area contributed by atoms with Gasteiger partial charge in [0, 0.05) is 37.2 Å². The molecule has 24 heavy (non-hydrogen) atoms. The van der Waals surface area contributed by atoms with Gasteiger partial charge in [-0.1, -0.05) is 6.92 Å². The molecule has 0 bridgehead atoms. The Morgan fingerprint density at radius 3 is 3.00 bits per heavy atom. The summed E-state index contributed by atoms with van der Waals surface area (Å²) in [6.45, 7) is 4.57. The van der Waals surface area contributed by atoms with E-state index in [1.54, 1.807) is 6.33 Å². The van der Waals surface area contributed by atoms with E-state index in [1.807, 2.05) is 11.0 Å². The van der Waals surface area contributed by atoms with Crippen LogP contribution in [0, 0.1) is 0 Å². The number of aromatic amines is 1. The molecule has 1 atom stereocenters. The van der Waals surface area contributed by atoms with Crippen molar-refractivity contribution in [2.75, 3.05) is 13.1 Å². The number of H-pyrrole nitrogens is 1. The summed E-state index contributed by atoms with van der Waals surface area (Å²) < 4.78 is 2.12. The molecule has 1 N–H and O–H groups in total. The third-order valence-electron chi connectivity index (χ3n) is 5.02. The average Bonchev–Trinajstić information content (AvgIpc) is 3.16. The third kappa shape index (κ3) is 2.95. The van der Waals surface area contributed by atoms with Gasteiger partial charge in [0.1, 0.15) is 17.8 Å². The summed E-state index contributed by atoms with van der Waals surface area (Å²) in [6, 6.07) is 1.93. The van der Waals surface area contributed by atoms with E-state index in [1.165, 1.54) is 12.8 Å². The van der Waals surface area contributed by atoms with E-state index in [-0.39, 0.29) is 11.8 Å². The average molecular weight is 328 g/mol. The first kappa shape index (κ1) is 15.4. The molecule has 7 nitrogen and oxygen atoms in total. The van der Waals surface area contributed by atoms with E-state index >= 15 is 0 Å². The molecule has 4 rings (SSSR count). The van der Waals surface area contributed by atoms with Crippen molar-refractivity contribution in [3.63, 3.8) is 0 Å². The second-order valence-corrected chi connectivity index (χ2v) is 6.96. The zero-order valence-corrected chi connectivity index (χ0v) is 14.1. The summed E-state index contributed by atoms with van der Waals surface area (Å²) in [6.07, 6.45) is 7.31. The Hall–Kier alpha value is -2.18. The fourth-order valence-corrected chi connectivity index (χ4v) is 3.58. The number of carbonyl (C=O) groups is 1. The lowest BCUT2D eigenvalue weighted by Gasteiger charge is -2.32. The Morgan fingerprint density at radius 1 is 1.33 bits per heavy atom.